The zero-order chi connectivity index (χ0) is 11.5. The first-order valence-corrected chi connectivity index (χ1v) is 4.78. The van der Waals surface area contributed by atoms with Crippen molar-refractivity contribution in [1.29, 1.82) is 0 Å². The van der Waals surface area contributed by atoms with Gasteiger partial charge in [0.05, 0.1) is 0 Å². The summed E-state index contributed by atoms with van der Waals surface area (Å²) in [6.07, 6.45) is 1.63. The van der Waals surface area contributed by atoms with Crippen molar-refractivity contribution in [2.45, 2.75) is 0 Å². The van der Waals surface area contributed by atoms with Crippen LogP contribution in [-0.4, -0.2) is 10.9 Å². The van der Waals surface area contributed by atoms with Crippen molar-refractivity contribution in [3.8, 4) is 11.1 Å². The molecule has 1 aromatic heterocycles. The lowest BCUT2D eigenvalue weighted by molar-refractivity contribution is 0.100. The van der Waals surface area contributed by atoms with Crippen LogP contribution in [0.3, 0.4) is 0 Å². The third-order valence-corrected chi connectivity index (χ3v) is 2.26. The summed E-state index contributed by atoms with van der Waals surface area (Å²) >= 11 is 0. The highest BCUT2D eigenvalue weighted by molar-refractivity contribution is 5.94. The zero-order valence-corrected chi connectivity index (χ0v) is 8.55. The van der Waals surface area contributed by atoms with E-state index in [1.165, 1.54) is 0 Å². The molecule has 1 amide bonds. The molecule has 0 radical (unpaired) electrons. The van der Waals surface area contributed by atoms with Crippen molar-refractivity contribution in [3.63, 3.8) is 0 Å². The number of amides is 1. The summed E-state index contributed by atoms with van der Waals surface area (Å²) < 4.78 is 0. The minimum atomic E-state index is -0.441. The first-order valence-electron chi connectivity index (χ1n) is 4.78. The van der Waals surface area contributed by atoms with Crippen molar-refractivity contribution in [2.75, 3.05) is 5.73 Å². The summed E-state index contributed by atoms with van der Waals surface area (Å²) in [7, 11) is 0. The molecule has 0 bridgehead atoms. The van der Waals surface area contributed by atoms with E-state index in [1.54, 1.807) is 30.5 Å². The maximum absolute atomic E-state index is 11.0. The number of rotatable bonds is 2. The minimum absolute atomic E-state index is 0.441. The highest BCUT2D eigenvalue weighted by Gasteiger charge is 2.03. The number of aromatic nitrogens is 1. The Morgan fingerprint density at radius 1 is 1.12 bits per heavy atom. The van der Waals surface area contributed by atoms with E-state index in [4.69, 9.17) is 11.5 Å². The number of pyridine rings is 1. The van der Waals surface area contributed by atoms with Gasteiger partial charge in [-0.1, -0.05) is 12.1 Å². The number of nitrogens with zero attached hydrogens (tertiary/aromatic N) is 1. The summed E-state index contributed by atoms with van der Waals surface area (Å²) in [5.74, 6) is 0.00542. The highest BCUT2D eigenvalue weighted by atomic mass is 16.1. The smallest absolute Gasteiger partial charge is 0.248 e. The second-order valence-corrected chi connectivity index (χ2v) is 3.41. The minimum Gasteiger partial charge on any atom is -0.384 e. The summed E-state index contributed by atoms with van der Waals surface area (Å²) in [5, 5.41) is 0. The molecular weight excluding hydrogens is 202 g/mol. The van der Waals surface area contributed by atoms with Gasteiger partial charge in [-0.15, -0.1) is 0 Å². The average Bonchev–Trinajstić information content (AvgIpc) is 2.29. The lowest BCUT2D eigenvalue weighted by Crippen LogP contribution is -2.10. The van der Waals surface area contributed by atoms with Gasteiger partial charge in [0.1, 0.15) is 5.82 Å². The van der Waals surface area contributed by atoms with Crippen molar-refractivity contribution >= 4 is 11.7 Å². The van der Waals surface area contributed by atoms with Gasteiger partial charge in [-0.3, -0.25) is 4.79 Å². The molecule has 0 atom stereocenters. The zero-order valence-electron chi connectivity index (χ0n) is 8.55. The third-order valence-electron chi connectivity index (χ3n) is 2.26. The van der Waals surface area contributed by atoms with E-state index in [2.05, 4.69) is 4.98 Å². The Morgan fingerprint density at radius 3 is 2.56 bits per heavy atom. The molecule has 1 heterocycles. The molecule has 0 aliphatic heterocycles. The molecule has 80 valence electrons. The molecule has 0 spiro atoms. The number of benzene rings is 1. The Hall–Kier alpha value is -2.36. The van der Waals surface area contributed by atoms with Crippen LogP contribution in [0.15, 0.2) is 42.6 Å². The third kappa shape index (κ3) is 2.00. The van der Waals surface area contributed by atoms with E-state index in [9.17, 15) is 4.79 Å². The normalized spacial score (nSPS) is 10.0. The average molecular weight is 213 g/mol. The van der Waals surface area contributed by atoms with E-state index in [1.807, 2.05) is 12.1 Å². The van der Waals surface area contributed by atoms with Crippen molar-refractivity contribution < 1.29 is 4.79 Å². The van der Waals surface area contributed by atoms with Crippen LogP contribution in [-0.2, 0) is 0 Å². The fraction of sp³-hybridized carbons (Fsp3) is 0. The number of hydrogen-bond acceptors (Lipinski definition) is 3. The van der Waals surface area contributed by atoms with Crippen molar-refractivity contribution in [3.05, 3.63) is 48.2 Å². The van der Waals surface area contributed by atoms with Gasteiger partial charge in [-0.25, -0.2) is 4.98 Å². The molecule has 0 saturated heterocycles. The maximum Gasteiger partial charge on any atom is 0.248 e. The molecule has 16 heavy (non-hydrogen) atoms. The molecule has 0 unspecified atom stereocenters. The van der Waals surface area contributed by atoms with Crippen LogP contribution in [0.2, 0.25) is 0 Å². The number of hydrogen-bond donors (Lipinski definition) is 2. The Labute approximate surface area is 92.9 Å². The summed E-state index contributed by atoms with van der Waals surface area (Å²) in [6, 6.07) is 10.7. The largest absolute Gasteiger partial charge is 0.384 e. The van der Waals surface area contributed by atoms with Crippen LogP contribution in [0.25, 0.3) is 11.1 Å². The van der Waals surface area contributed by atoms with E-state index in [-0.39, 0.29) is 0 Å². The molecule has 4 nitrogen and oxygen atoms in total. The highest BCUT2D eigenvalue weighted by Crippen LogP contribution is 2.21. The SMILES string of the molecule is NC(=O)c1cccc(-c2ccnc(N)c2)c1. The van der Waals surface area contributed by atoms with E-state index < -0.39 is 5.91 Å². The number of carbonyl (C=O) groups is 1. The predicted molar refractivity (Wildman–Crippen MR) is 62.6 cm³/mol. The fourth-order valence-electron chi connectivity index (χ4n) is 1.48. The lowest BCUT2D eigenvalue weighted by Gasteiger charge is -2.03. The summed E-state index contributed by atoms with van der Waals surface area (Å²) in [6.45, 7) is 0. The molecular formula is C12H11N3O. The number of anilines is 1. The summed E-state index contributed by atoms with van der Waals surface area (Å²) in [5.41, 5.74) is 13.1. The molecule has 2 rings (SSSR count). The van der Waals surface area contributed by atoms with Crippen LogP contribution in [0.4, 0.5) is 5.82 Å². The predicted octanol–water partition coefficient (Wildman–Crippen LogP) is 1.43. The molecule has 0 aliphatic carbocycles. The molecule has 2 aromatic rings. The van der Waals surface area contributed by atoms with Gasteiger partial charge in [0.15, 0.2) is 0 Å². The Morgan fingerprint density at radius 2 is 1.88 bits per heavy atom. The van der Waals surface area contributed by atoms with Gasteiger partial charge < -0.3 is 11.5 Å². The van der Waals surface area contributed by atoms with Gasteiger partial charge in [0, 0.05) is 11.8 Å². The van der Waals surface area contributed by atoms with Gasteiger partial charge >= 0.3 is 0 Å². The van der Waals surface area contributed by atoms with Crippen LogP contribution in [0.5, 0.6) is 0 Å². The van der Waals surface area contributed by atoms with Gasteiger partial charge in [0.2, 0.25) is 5.91 Å². The number of primary amides is 1. The van der Waals surface area contributed by atoms with Crippen molar-refractivity contribution in [2.24, 2.45) is 5.73 Å². The van der Waals surface area contributed by atoms with Gasteiger partial charge in [0.25, 0.3) is 0 Å². The Balaban J connectivity index is 2.48. The van der Waals surface area contributed by atoms with E-state index >= 15 is 0 Å². The standard InChI is InChI=1S/C12H11N3O/c13-11-7-9(4-5-15-11)8-2-1-3-10(6-8)12(14)16/h1-7H,(H2,13,15)(H2,14,16). The Bertz CT molecular complexity index is 537. The second kappa shape index (κ2) is 4.02. The summed E-state index contributed by atoms with van der Waals surface area (Å²) in [4.78, 5) is 14.9. The van der Waals surface area contributed by atoms with Gasteiger partial charge in [-0.2, -0.15) is 0 Å². The van der Waals surface area contributed by atoms with Crippen LogP contribution in [0, 0.1) is 0 Å². The first-order chi connectivity index (χ1) is 7.66. The number of carbonyl (C=O) groups excluding carboxylic acids is 1. The molecule has 0 fully saturated rings. The van der Waals surface area contributed by atoms with Crippen molar-refractivity contribution in [1.82, 2.24) is 4.98 Å². The second-order valence-electron chi connectivity index (χ2n) is 3.41. The molecule has 0 aliphatic rings. The fourth-order valence-corrected chi connectivity index (χ4v) is 1.48. The van der Waals surface area contributed by atoms with E-state index in [0.717, 1.165) is 11.1 Å². The quantitative estimate of drug-likeness (QED) is 0.791. The maximum atomic E-state index is 11.0. The van der Waals surface area contributed by atoms with E-state index in [0.29, 0.717) is 11.4 Å². The van der Waals surface area contributed by atoms with Crippen LogP contribution in [0.1, 0.15) is 10.4 Å². The monoisotopic (exact) mass is 213 g/mol. The number of nitrogen functional groups attached to an aromatic ring is 1. The number of nitrogens with two attached hydrogens (primary N) is 2. The van der Waals surface area contributed by atoms with Crippen LogP contribution >= 0.6 is 0 Å². The molecule has 1 aromatic carbocycles. The topological polar surface area (TPSA) is 82.0 Å². The van der Waals surface area contributed by atoms with Crippen LogP contribution < -0.4 is 11.5 Å². The lowest BCUT2D eigenvalue weighted by atomic mass is 10.0. The Kier molecular flexibility index (Phi) is 2.55. The molecule has 4 N–H and O–H groups in total. The first kappa shape index (κ1) is 10.2. The molecule has 0 saturated carbocycles. The molecule has 4 heteroatoms. The van der Waals surface area contributed by atoms with Gasteiger partial charge in [-0.05, 0) is 35.4 Å².